The van der Waals surface area contributed by atoms with E-state index in [0.29, 0.717) is 11.1 Å². The zero-order chi connectivity index (χ0) is 10.9. The van der Waals surface area contributed by atoms with Crippen molar-refractivity contribution in [2.45, 2.75) is 27.7 Å². The summed E-state index contributed by atoms with van der Waals surface area (Å²) in [4.78, 5) is 0. The first-order chi connectivity index (χ1) is 6.54. The van der Waals surface area contributed by atoms with E-state index in [0.717, 1.165) is 22.3 Å². The van der Waals surface area contributed by atoms with E-state index in [4.69, 9.17) is 10.5 Å². The van der Waals surface area contributed by atoms with Gasteiger partial charge in [-0.1, -0.05) is 0 Å². The molecule has 0 radical (unpaired) electrons. The summed E-state index contributed by atoms with van der Waals surface area (Å²) in [5.74, 6) is 0. The molecule has 1 rings (SSSR count). The zero-order valence-electron chi connectivity index (χ0n) is 9.39. The molecule has 0 atom stereocenters. The fourth-order valence-electron chi connectivity index (χ4n) is 1.65. The third kappa shape index (κ3) is 1.83. The van der Waals surface area contributed by atoms with Crippen molar-refractivity contribution in [3.05, 3.63) is 33.4 Å². The highest BCUT2D eigenvalue weighted by Crippen LogP contribution is 2.25. The van der Waals surface area contributed by atoms with Gasteiger partial charge in [-0.05, 0) is 49.9 Å². The Morgan fingerprint density at radius 2 is 0.867 bits per heavy atom. The van der Waals surface area contributed by atoms with Crippen molar-refractivity contribution in [1.82, 2.24) is 0 Å². The number of hydrogen-bond donors (Lipinski definition) is 0. The summed E-state index contributed by atoms with van der Waals surface area (Å²) in [5, 5.41) is 18.0. The van der Waals surface area contributed by atoms with E-state index in [9.17, 15) is 0 Å². The van der Waals surface area contributed by atoms with Crippen LogP contribution < -0.4 is 0 Å². The van der Waals surface area contributed by atoms with Crippen molar-refractivity contribution in [1.29, 1.82) is 10.5 Å². The molecule has 1 aromatic rings. The van der Waals surface area contributed by atoms with E-state index in [-0.39, 0.29) is 5.48 Å². The van der Waals surface area contributed by atoms with Gasteiger partial charge in [-0.25, -0.2) is 0 Å². The molecule has 0 aliphatic heterocycles. The number of hydrogen-bond acceptors (Lipinski definition) is 2. The van der Waals surface area contributed by atoms with Crippen LogP contribution in [0, 0.1) is 50.4 Å². The van der Waals surface area contributed by atoms with E-state index >= 15 is 0 Å². The van der Waals surface area contributed by atoms with E-state index in [2.05, 4.69) is 12.1 Å². The highest BCUT2D eigenvalue weighted by molar-refractivity contribution is 5.58. The van der Waals surface area contributed by atoms with Crippen molar-refractivity contribution in [2.75, 3.05) is 0 Å². The van der Waals surface area contributed by atoms with Crippen LogP contribution in [0.15, 0.2) is 0 Å². The molecule has 0 saturated heterocycles. The molecule has 2 N–H and O–H groups in total. The van der Waals surface area contributed by atoms with Gasteiger partial charge in [0.05, 0.1) is 23.3 Å². The quantitative estimate of drug-likeness (QED) is 0.643. The van der Waals surface area contributed by atoms with Crippen molar-refractivity contribution in [3.8, 4) is 12.1 Å². The van der Waals surface area contributed by atoms with Crippen LogP contribution in [0.4, 0.5) is 0 Å². The smallest absolute Gasteiger partial charge is 0.0997 e. The molecule has 0 fully saturated rings. The summed E-state index contributed by atoms with van der Waals surface area (Å²) in [5.41, 5.74) is 5.11. The van der Waals surface area contributed by atoms with Crippen LogP contribution >= 0.6 is 0 Å². The normalized spacial score (nSPS) is 8.67. The van der Waals surface area contributed by atoms with Gasteiger partial charge in [0, 0.05) is 0 Å². The van der Waals surface area contributed by atoms with Gasteiger partial charge in [0.15, 0.2) is 0 Å². The maximum Gasteiger partial charge on any atom is 0.0997 e. The van der Waals surface area contributed by atoms with Crippen LogP contribution in [0.3, 0.4) is 0 Å². The monoisotopic (exact) mass is 202 g/mol. The summed E-state index contributed by atoms with van der Waals surface area (Å²) >= 11 is 0. The first kappa shape index (κ1) is 13.2. The van der Waals surface area contributed by atoms with Crippen LogP contribution in [0.5, 0.6) is 0 Å². The van der Waals surface area contributed by atoms with E-state index in [1.54, 1.807) is 0 Å². The second-order valence-corrected chi connectivity index (χ2v) is 3.47. The largest absolute Gasteiger partial charge is 0.412 e. The molecule has 0 amide bonds. The second-order valence-electron chi connectivity index (χ2n) is 3.47. The lowest BCUT2D eigenvalue weighted by atomic mass is 9.90. The molecule has 78 valence electrons. The van der Waals surface area contributed by atoms with Gasteiger partial charge in [0.25, 0.3) is 0 Å². The molecule has 15 heavy (non-hydrogen) atoms. The molecule has 0 spiro atoms. The average Bonchev–Trinajstić information content (AvgIpc) is 2.17. The van der Waals surface area contributed by atoms with E-state index < -0.39 is 0 Å². The first-order valence-electron chi connectivity index (χ1n) is 4.45. The Morgan fingerprint density at radius 1 is 0.667 bits per heavy atom. The van der Waals surface area contributed by atoms with Gasteiger partial charge in [0.2, 0.25) is 0 Å². The molecule has 0 aliphatic rings. The molecule has 3 heteroatoms. The Morgan fingerprint density at radius 3 is 1.00 bits per heavy atom. The number of benzene rings is 1. The van der Waals surface area contributed by atoms with Crippen LogP contribution in [0.2, 0.25) is 0 Å². The lowest BCUT2D eigenvalue weighted by Crippen LogP contribution is -2.00. The molecule has 0 unspecified atom stereocenters. The first-order valence-corrected chi connectivity index (χ1v) is 4.45. The molecule has 0 saturated carbocycles. The SMILES string of the molecule is Cc1c(C)c(C#N)c(C)c(C)c1C#N.O. The molecule has 3 nitrogen and oxygen atoms in total. The Bertz CT molecular complexity index is 402. The molecule has 0 aliphatic carbocycles. The third-order valence-electron chi connectivity index (χ3n) is 2.85. The Hall–Kier alpha value is -1.84. The third-order valence-corrected chi connectivity index (χ3v) is 2.85. The van der Waals surface area contributed by atoms with Gasteiger partial charge >= 0.3 is 0 Å². The van der Waals surface area contributed by atoms with Crippen LogP contribution in [-0.4, -0.2) is 5.48 Å². The van der Waals surface area contributed by atoms with Gasteiger partial charge in [-0.2, -0.15) is 10.5 Å². The zero-order valence-corrected chi connectivity index (χ0v) is 9.39. The summed E-state index contributed by atoms with van der Waals surface area (Å²) in [6.45, 7) is 7.56. The summed E-state index contributed by atoms with van der Waals surface area (Å²) in [7, 11) is 0. The van der Waals surface area contributed by atoms with Gasteiger partial charge in [0.1, 0.15) is 0 Å². The lowest BCUT2D eigenvalue weighted by Gasteiger charge is -2.12. The predicted octanol–water partition coefficient (Wildman–Crippen LogP) is 1.84. The molecular formula is C12H14N2O. The lowest BCUT2D eigenvalue weighted by molar-refractivity contribution is 0.824. The predicted molar refractivity (Wildman–Crippen MR) is 58.4 cm³/mol. The minimum atomic E-state index is 0. The highest BCUT2D eigenvalue weighted by Gasteiger charge is 2.13. The van der Waals surface area contributed by atoms with Crippen molar-refractivity contribution >= 4 is 0 Å². The minimum Gasteiger partial charge on any atom is -0.412 e. The fourth-order valence-corrected chi connectivity index (χ4v) is 1.65. The summed E-state index contributed by atoms with van der Waals surface area (Å²) in [6.07, 6.45) is 0. The molecule has 0 aromatic heterocycles. The standard InChI is InChI=1S/C12H12N2.H2O/c1-7-8(2)12(6-14)10(4)9(3)11(7)5-13;/h1-4H3;1H2. The van der Waals surface area contributed by atoms with Gasteiger partial charge in [-0.3, -0.25) is 0 Å². The highest BCUT2D eigenvalue weighted by atomic mass is 16.0. The maximum absolute atomic E-state index is 8.98. The minimum absolute atomic E-state index is 0. The topological polar surface area (TPSA) is 79.1 Å². The maximum atomic E-state index is 8.98. The Labute approximate surface area is 89.9 Å². The van der Waals surface area contributed by atoms with E-state index in [1.807, 2.05) is 27.7 Å². The van der Waals surface area contributed by atoms with Crippen molar-refractivity contribution in [2.24, 2.45) is 0 Å². The number of nitrogens with zero attached hydrogens (tertiary/aromatic N) is 2. The molecular weight excluding hydrogens is 188 g/mol. The Balaban J connectivity index is 0.00000196. The number of nitriles is 2. The van der Waals surface area contributed by atoms with Crippen molar-refractivity contribution < 1.29 is 5.48 Å². The molecule has 0 heterocycles. The fraction of sp³-hybridized carbons (Fsp3) is 0.333. The van der Waals surface area contributed by atoms with Crippen LogP contribution in [0.1, 0.15) is 33.4 Å². The molecule has 0 bridgehead atoms. The van der Waals surface area contributed by atoms with Crippen molar-refractivity contribution in [3.63, 3.8) is 0 Å². The Kier molecular flexibility index (Phi) is 4.03. The average molecular weight is 202 g/mol. The second kappa shape index (κ2) is 4.59. The van der Waals surface area contributed by atoms with Crippen LogP contribution in [-0.2, 0) is 0 Å². The molecule has 1 aromatic carbocycles. The van der Waals surface area contributed by atoms with Gasteiger partial charge < -0.3 is 5.48 Å². The van der Waals surface area contributed by atoms with Gasteiger partial charge in [-0.15, -0.1) is 0 Å². The summed E-state index contributed by atoms with van der Waals surface area (Å²) < 4.78 is 0. The van der Waals surface area contributed by atoms with Crippen LogP contribution in [0.25, 0.3) is 0 Å². The number of rotatable bonds is 0. The summed E-state index contributed by atoms with van der Waals surface area (Å²) in [6, 6.07) is 4.37. The van der Waals surface area contributed by atoms with E-state index in [1.165, 1.54) is 0 Å².